The molecule has 62 heavy (non-hydrogen) atoms. The van der Waals surface area contributed by atoms with E-state index in [0.29, 0.717) is 13.0 Å². The van der Waals surface area contributed by atoms with Gasteiger partial charge < -0.3 is 24.6 Å². The van der Waals surface area contributed by atoms with Crippen LogP contribution in [0.2, 0.25) is 0 Å². The molecule has 0 bridgehead atoms. The van der Waals surface area contributed by atoms with Crippen LogP contribution in [0.1, 0.15) is 232 Å². The van der Waals surface area contributed by atoms with Gasteiger partial charge in [0, 0.05) is 13.0 Å². The van der Waals surface area contributed by atoms with Crippen molar-refractivity contribution in [3.63, 3.8) is 0 Å². The Kier molecular flexibility index (Phi) is 47.6. The van der Waals surface area contributed by atoms with Crippen LogP contribution in [0.25, 0.3) is 0 Å². The summed E-state index contributed by atoms with van der Waals surface area (Å²) in [7, 11) is -4.53. The molecule has 364 valence electrons. The molecule has 10 heteroatoms. The molecule has 9 nitrogen and oxygen atoms in total. The number of unbranched alkanes of at least 4 members (excludes halogenated alkanes) is 27. The Balaban J connectivity index is 4.07. The van der Waals surface area contributed by atoms with Crippen LogP contribution in [0.3, 0.4) is 0 Å². The van der Waals surface area contributed by atoms with Gasteiger partial charge in [-0.3, -0.25) is 13.8 Å². The molecule has 0 aliphatic heterocycles. The molecule has 3 N–H and O–H groups in total. The van der Waals surface area contributed by atoms with E-state index in [-0.39, 0.29) is 19.6 Å². The second-order valence-electron chi connectivity index (χ2n) is 17.2. The van der Waals surface area contributed by atoms with Gasteiger partial charge in [0.25, 0.3) is 0 Å². The van der Waals surface area contributed by atoms with Gasteiger partial charge in [0.15, 0.2) is 0 Å². The maximum Gasteiger partial charge on any atom is 0.472 e. The van der Waals surface area contributed by atoms with Crippen molar-refractivity contribution in [2.75, 3.05) is 33.0 Å². The summed E-state index contributed by atoms with van der Waals surface area (Å²) in [6, 6.07) is 0. The number of hydrogen-bond acceptors (Lipinski definition) is 8. The van der Waals surface area contributed by atoms with Gasteiger partial charge in [0.1, 0.15) is 12.2 Å². The first-order valence-corrected chi connectivity index (χ1v) is 27.1. The number of aliphatic hydroxyl groups excluding tert-OH is 2. The highest BCUT2D eigenvalue weighted by molar-refractivity contribution is 7.47. The third-order valence-corrected chi connectivity index (χ3v) is 12.0. The molecule has 0 saturated carbocycles. The van der Waals surface area contributed by atoms with Gasteiger partial charge in [-0.05, 0) is 51.4 Å². The van der Waals surface area contributed by atoms with E-state index in [1.54, 1.807) is 0 Å². The molecule has 0 radical (unpaired) electrons. The Labute approximate surface area is 381 Å². The Morgan fingerprint density at radius 2 is 0.919 bits per heavy atom. The minimum Gasteiger partial charge on any atom is -0.457 e. The highest BCUT2D eigenvalue weighted by atomic mass is 31.2. The highest BCUT2D eigenvalue weighted by Gasteiger charge is 2.26. The highest BCUT2D eigenvalue weighted by Crippen LogP contribution is 2.43. The van der Waals surface area contributed by atoms with Crippen molar-refractivity contribution in [1.82, 2.24) is 0 Å². The number of ether oxygens (including phenoxy) is 2. The SMILES string of the molecule is CC/C=C\C/C=C\C/C=C\C/C=C\CCCCCCCCC(=O)OC(COCCCCCCCCCCCCCCCCCCCCCCCC)COP(=O)(O)OCC(O)CO. The summed E-state index contributed by atoms with van der Waals surface area (Å²) < 4.78 is 33.5. The van der Waals surface area contributed by atoms with E-state index in [4.69, 9.17) is 23.6 Å². The van der Waals surface area contributed by atoms with E-state index in [0.717, 1.165) is 77.0 Å². The third-order valence-electron chi connectivity index (χ3n) is 11.0. The lowest BCUT2D eigenvalue weighted by atomic mass is 10.0. The number of aliphatic hydroxyl groups is 2. The fourth-order valence-corrected chi connectivity index (χ4v) is 7.96. The largest absolute Gasteiger partial charge is 0.472 e. The first-order valence-electron chi connectivity index (χ1n) is 25.6. The number of esters is 1. The lowest BCUT2D eigenvalue weighted by molar-refractivity contribution is -0.154. The van der Waals surface area contributed by atoms with Crippen LogP contribution in [0, 0.1) is 0 Å². The number of rotatable bonds is 49. The number of allylic oxidation sites excluding steroid dienone is 8. The Hall–Kier alpha value is -1.58. The lowest BCUT2D eigenvalue weighted by Crippen LogP contribution is -2.29. The van der Waals surface area contributed by atoms with Crippen molar-refractivity contribution in [2.45, 2.75) is 244 Å². The number of carbonyl (C=O) groups is 1. The summed E-state index contributed by atoms with van der Waals surface area (Å²) in [5, 5.41) is 18.4. The molecule has 0 aliphatic rings. The quantitative estimate of drug-likeness (QED) is 0.0236. The first kappa shape index (κ1) is 60.4. The summed E-state index contributed by atoms with van der Waals surface area (Å²) in [6.07, 6.45) is 56.5. The predicted molar refractivity (Wildman–Crippen MR) is 260 cm³/mol. The second-order valence-corrected chi connectivity index (χ2v) is 18.6. The zero-order valence-corrected chi connectivity index (χ0v) is 41.0. The number of hydrogen-bond donors (Lipinski definition) is 3. The minimum absolute atomic E-state index is 0.0452. The average molecular weight is 897 g/mol. The normalized spacial score (nSPS) is 14.2. The Bertz CT molecular complexity index is 1110. The average Bonchev–Trinajstić information content (AvgIpc) is 3.26. The van der Waals surface area contributed by atoms with Crippen molar-refractivity contribution in [2.24, 2.45) is 0 Å². The Morgan fingerprint density at radius 3 is 1.39 bits per heavy atom. The van der Waals surface area contributed by atoms with Crippen molar-refractivity contribution < 1.29 is 43.0 Å². The lowest BCUT2D eigenvalue weighted by Gasteiger charge is -2.20. The third kappa shape index (κ3) is 47.9. The van der Waals surface area contributed by atoms with Crippen molar-refractivity contribution in [3.8, 4) is 0 Å². The summed E-state index contributed by atoms with van der Waals surface area (Å²) in [5.74, 6) is -0.393. The zero-order chi connectivity index (χ0) is 45.3. The van der Waals surface area contributed by atoms with Gasteiger partial charge in [-0.2, -0.15) is 0 Å². The smallest absolute Gasteiger partial charge is 0.457 e. The first-order chi connectivity index (χ1) is 30.3. The number of carbonyl (C=O) groups excluding carboxylic acids is 1. The molecular weight excluding hydrogens is 800 g/mol. The van der Waals surface area contributed by atoms with Gasteiger partial charge in [0.2, 0.25) is 0 Å². The molecule has 0 saturated heterocycles. The molecule has 0 heterocycles. The molecule has 0 amide bonds. The minimum atomic E-state index is -4.53. The van der Waals surface area contributed by atoms with E-state index >= 15 is 0 Å². The van der Waals surface area contributed by atoms with Gasteiger partial charge in [-0.15, -0.1) is 0 Å². The number of phosphoric ester groups is 1. The van der Waals surface area contributed by atoms with Crippen LogP contribution in [0.4, 0.5) is 0 Å². The standard InChI is InChI=1S/C52H97O9P/c1-3-5-7-9-11-13-15-17-19-21-23-24-25-27-29-31-33-35-37-39-41-43-45-58-48-51(49-60-62(56,57)59-47-50(54)46-53)61-52(55)44-42-40-38-36-34-32-30-28-26-22-20-18-16-14-12-10-8-6-4-2/h6,8,12,14,18,20,26,28,50-51,53-54H,3-5,7,9-11,13,15-17,19,21-25,27,29-49H2,1-2H3,(H,56,57)/b8-6-,14-12-,20-18-,28-26-. The predicted octanol–water partition coefficient (Wildman–Crippen LogP) is 14.9. The summed E-state index contributed by atoms with van der Waals surface area (Å²) in [6.45, 7) is 3.43. The van der Waals surface area contributed by atoms with E-state index < -0.39 is 39.2 Å². The van der Waals surface area contributed by atoms with Gasteiger partial charge in [-0.25, -0.2) is 4.57 Å². The molecule has 0 aromatic rings. The van der Waals surface area contributed by atoms with Crippen molar-refractivity contribution in [3.05, 3.63) is 48.6 Å². The van der Waals surface area contributed by atoms with Crippen LogP contribution in [-0.2, 0) is 27.9 Å². The van der Waals surface area contributed by atoms with Crippen LogP contribution < -0.4 is 0 Å². The number of phosphoric acid groups is 1. The Morgan fingerprint density at radius 1 is 0.516 bits per heavy atom. The van der Waals surface area contributed by atoms with Gasteiger partial charge in [0.05, 0.1) is 26.4 Å². The monoisotopic (exact) mass is 897 g/mol. The van der Waals surface area contributed by atoms with E-state index in [1.165, 1.54) is 128 Å². The van der Waals surface area contributed by atoms with E-state index in [1.807, 2.05) is 0 Å². The molecule has 0 aromatic heterocycles. The molecule has 0 spiro atoms. The fourth-order valence-electron chi connectivity index (χ4n) is 7.17. The van der Waals surface area contributed by atoms with Crippen molar-refractivity contribution >= 4 is 13.8 Å². The van der Waals surface area contributed by atoms with Crippen molar-refractivity contribution in [1.29, 1.82) is 0 Å². The maximum atomic E-state index is 12.7. The molecule has 3 unspecified atom stereocenters. The van der Waals surface area contributed by atoms with E-state index in [2.05, 4.69) is 62.5 Å². The molecule has 0 rings (SSSR count). The van der Waals surface area contributed by atoms with Gasteiger partial charge >= 0.3 is 13.8 Å². The summed E-state index contributed by atoms with van der Waals surface area (Å²) in [5.41, 5.74) is 0. The fraction of sp³-hybridized carbons (Fsp3) is 0.827. The van der Waals surface area contributed by atoms with Crippen LogP contribution in [0.15, 0.2) is 48.6 Å². The molecule has 3 atom stereocenters. The molecule has 0 aliphatic carbocycles. The molecule has 0 fully saturated rings. The zero-order valence-electron chi connectivity index (χ0n) is 40.1. The van der Waals surface area contributed by atoms with E-state index in [9.17, 15) is 19.4 Å². The topological polar surface area (TPSA) is 132 Å². The van der Waals surface area contributed by atoms with Crippen LogP contribution in [0.5, 0.6) is 0 Å². The second kappa shape index (κ2) is 48.9. The van der Waals surface area contributed by atoms with Crippen LogP contribution >= 0.6 is 7.82 Å². The summed E-state index contributed by atoms with van der Waals surface area (Å²) >= 11 is 0. The summed E-state index contributed by atoms with van der Waals surface area (Å²) in [4.78, 5) is 22.7. The molecular formula is C52H97O9P. The maximum absolute atomic E-state index is 12.7. The molecule has 0 aromatic carbocycles. The van der Waals surface area contributed by atoms with Gasteiger partial charge in [-0.1, -0.05) is 223 Å². The van der Waals surface area contributed by atoms with Crippen LogP contribution in [-0.4, -0.2) is 66.3 Å².